The van der Waals surface area contributed by atoms with Crippen molar-refractivity contribution in [2.45, 2.75) is 89.4 Å². The van der Waals surface area contributed by atoms with E-state index in [9.17, 15) is 0 Å². The zero-order valence-electron chi connectivity index (χ0n) is 38.0. The fourth-order valence-electron chi connectivity index (χ4n) is 10.8. The van der Waals surface area contributed by atoms with Gasteiger partial charge in [-0.15, -0.1) is 0 Å². The lowest BCUT2D eigenvalue weighted by Crippen LogP contribution is -2.28. The highest BCUT2D eigenvalue weighted by atomic mass is 15.2. The van der Waals surface area contributed by atoms with Gasteiger partial charge in [-0.05, 0) is 128 Å². The van der Waals surface area contributed by atoms with Crippen LogP contribution in [0.25, 0.3) is 27.5 Å². The van der Waals surface area contributed by atoms with Gasteiger partial charge in [-0.25, -0.2) is 0 Å². The van der Waals surface area contributed by atoms with Crippen molar-refractivity contribution in [3.63, 3.8) is 0 Å². The van der Waals surface area contributed by atoms with E-state index in [-0.39, 0.29) is 5.41 Å². The number of hydrogen-bond donors (Lipinski definition) is 0. The topological polar surface area (TPSA) is 24.3 Å². The molecule has 0 amide bonds. The van der Waals surface area contributed by atoms with E-state index in [1.165, 1.54) is 83.6 Å². The summed E-state index contributed by atoms with van der Waals surface area (Å²) >= 11 is 0. The van der Waals surface area contributed by atoms with Gasteiger partial charge < -0.3 is 14.4 Å². The van der Waals surface area contributed by atoms with Crippen molar-refractivity contribution >= 4 is 55.9 Å². The average Bonchev–Trinajstić information content (AvgIpc) is 3.73. The number of benzene rings is 7. The number of unbranched alkanes of at least 4 members (excludes halogenated alkanes) is 2. The Morgan fingerprint density at radius 3 is 1.75 bits per heavy atom. The van der Waals surface area contributed by atoms with Crippen LogP contribution in [0.2, 0.25) is 0 Å². The molecule has 1 unspecified atom stereocenters. The van der Waals surface area contributed by atoms with Crippen LogP contribution in [-0.2, 0) is 5.41 Å². The Balaban J connectivity index is 1.05. The Labute approximate surface area is 385 Å². The second-order valence-electron chi connectivity index (χ2n) is 18.0. The first kappa shape index (κ1) is 42.1. The van der Waals surface area contributed by atoms with Crippen LogP contribution in [0.1, 0.15) is 101 Å². The molecule has 0 radical (unpaired) electrons. The minimum atomic E-state index is -0.247. The van der Waals surface area contributed by atoms with Gasteiger partial charge in [0.25, 0.3) is 0 Å². The molecular weight excluding hydrogens is 789 g/mol. The van der Waals surface area contributed by atoms with Crippen LogP contribution < -0.4 is 9.80 Å². The molecule has 1 fully saturated rings. The van der Waals surface area contributed by atoms with Crippen LogP contribution >= 0.6 is 0 Å². The minimum Gasteiger partial charge on any atom is -0.311 e. The van der Waals surface area contributed by atoms with E-state index in [0.29, 0.717) is 5.92 Å². The Hall–Kier alpha value is -6.91. The molecular formula is C61H60N4. The van der Waals surface area contributed by atoms with E-state index in [0.717, 1.165) is 59.1 Å². The lowest BCUT2D eigenvalue weighted by molar-refractivity contribution is 0.421. The van der Waals surface area contributed by atoms with E-state index in [1.807, 2.05) is 0 Å². The normalized spacial score (nSPS) is 14.1. The summed E-state index contributed by atoms with van der Waals surface area (Å²) < 4.78 is 2.42. The van der Waals surface area contributed by atoms with Crippen molar-refractivity contribution in [2.75, 3.05) is 9.80 Å². The van der Waals surface area contributed by atoms with Crippen molar-refractivity contribution in [3.8, 4) is 5.69 Å². The van der Waals surface area contributed by atoms with Crippen LogP contribution in [0.4, 0.5) is 34.1 Å². The summed E-state index contributed by atoms with van der Waals surface area (Å²) in [6, 6.07) is 71.2. The molecule has 4 nitrogen and oxygen atoms in total. The monoisotopic (exact) mass is 848 g/mol. The average molecular weight is 849 g/mol. The zero-order chi connectivity index (χ0) is 44.0. The minimum absolute atomic E-state index is 0.247. The van der Waals surface area contributed by atoms with Crippen LogP contribution in [0.5, 0.6) is 0 Å². The standard InChI is InChI=1S/C61H60N4/c1-3-5-20-44-61(4-2,48-36-40-53(41-37-48)63(49-24-12-7-13-25-49)52-38-34-47(35-39-52)46-22-10-6-11-23-46)59-43-42-54(45-62-59)64(50-26-14-8-15-27-50)58-33-21-31-56-55-30-18-19-32-57(55)65(60(56)58)51-28-16-9-17-29-51/h7-9,12-19,21,24-43,45-46H,3-6,10-11,20,22-23,44H2,1-2H3. The highest BCUT2D eigenvalue weighted by molar-refractivity contribution is 6.14. The van der Waals surface area contributed by atoms with Crippen molar-refractivity contribution in [2.24, 2.45) is 0 Å². The van der Waals surface area contributed by atoms with Gasteiger partial charge in [-0.3, -0.25) is 4.98 Å². The van der Waals surface area contributed by atoms with Gasteiger partial charge in [0.1, 0.15) is 0 Å². The number of rotatable bonds is 15. The predicted octanol–water partition coefficient (Wildman–Crippen LogP) is 17.4. The number of para-hydroxylation sites is 5. The van der Waals surface area contributed by atoms with E-state index >= 15 is 0 Å². The zero-order valence-corrected chi connectivity index (χ0v) is 38.0. The Morgan fingerprint density at radius 1 is 0.523 bits per heavy atom. The highest BCUT2D eigenvalue weighted by Crippen LogP contribution is 2.46. The molecule has 0 bridgehead atoms. The summed E-state index contributed by atoms with van der Waals surface area (Å²) in [7, 11) is 0. The van der Waals surface area contributed by atoms with Gasteiger partial charge >= 0.3 is 0 Å². The van der Waals surface area contributed by atoms with Crippen molar-refractivity contribution in [1.82, 2.24) is 9.55 Å². The molecule has 2 heterocycles. The second kappa shape index (κ2) is 19.1. The van der Waals surface area contributed by atoms with Gasteiger partial charge in [-0.1, -0.05) is 162 Å². The van der Waals surface area contributed by atoms with Gasteiger partial charge in [0.2, 0.25) is 0 Å². The Bertz CT molecular complexity index is 2930. The summed E-state index contributed by atoms with van der Waals surface area (Å²) in [5.74, 6) is 0.683. The first-order valence-electron chi connectivity index (χ1n) is 24.1. The maximum Gasteiger partial charge on any atom is 0.0782 e. The SMILES string of the molecule is CCCCCC(CC)(c1ccc(N(c2ccccc2)c2ccc(C3CCCCC3)cc2)cc1)c1ccc(N(c2ccccc2)c2cccc3c4ccccc4n(-c4ccccc4)c23)cn1. The smallest absolute Gasteiger partial charge is 0.0782 e. The molecule has 7 aromatic carbocycles. The highest BCUT2D eigenvalue weighted by Gasteiger charge is 2.34. The van der Waals surface area contributed by atoms with Crippen LogP contribution in [-0.4, -0.2) is 9.55 Å². The fourth-order valence-corrected chi connectivity index (χ4v) is 10.8. The van der Waals surface area contributed by atoms with Gasteiger partial charge in [0.05, 0.1) is 34.3 Å². The quantitative estimate of drug-likeness (QED) is 0.0961. The third kappa shape index (κ3) is 8.23. The predicted molar refractivity (Wildman–Crippen MR) is 275 cm³/mol. The van der Waals surface area contributed by atoms with Crippen molar-refractivity contribution < 1.29 is 0 Å². The van der Waals surface area contributed by atoms with Crippen molar-refractivity contribution in [3.05, 3.63) is 217 Å². The maximum absolute atomic E-state index is 5.49. The van der Waals surface area contributed by atoms with E-state index in [2.05, 4.69) is 229 Å². The van der Waals surface area contributed by atoms with Gasteiger partial charge in [0, 0.05) is 44.6 Å². The van der Waals surface area contributed by atoms with Crippen LogP contribution in [0, 0.1) is 0 Å². The summed E-state index contributed by atoms with van der Waals surface area (Å²) in [6.45, 7) is 4.64. The summed E-state index contributed by atoms with van der Waals surface area (Å²) in [4.78, 5) is 10.3. The van der Waals surface area contributed by atoms with Crippen LogP contribution in [0.15, 0.2) is 200 Å². The lowest BCUT2D eigenvalue weighted by Gasteiger charge is -2.35. The number of pyridine rings is 1. The molecule has 4 heteroatoms. The molecule has 0 aliphatic heterocycles. The van der Waals surface area contributed by atoms with E-state index < -0.39 is 0 Å². The number of anilines is 6. The Kier molecular flexibility index (Phi) is 12.3. The Morgan fingerprint density at radius 2 is 1.11 bits per heavy atom. The molecule has 10 rings (SSSR count). The van der Waals surface area contributed by atoms with E-state index in [4.69, 9.17) is 4.98 Å². The molecule has 0 saturated heterocycles. The first-order valence-corrected chi connectivity index (χ1v) is 24.1. The maximum atomic E-state index is 5.49. The fraction of sp³-hybridized carbons (Fsp3) is 0.230. The summed E-state index contributed by atoms with van der Waals surface area (Å²) in [6.07, 6.45) is 14.3. The summed E-state index contributed by atoms with van der Waals surface area (Å²) in [5.41, 5.74) is 13.9. The number of hydrogen-bond acceptors (Lipinski definition) is 3. The molecule has 324 valence electrons. The molecule has 9 aromatic rings. The molecule has 1 aliphatic carbocycles. The molecule has 65 heavy (non-hydrogen) atoms. The molecule has 1 saturated carbocycles. The second-order valence-corrected chi connectivity index (χ2v) is 18.0. The first-order chi connectivity index (χ1) is 32.2. The molecule has 0 spiro atoms. The third-order valence-corrected chi connectivity index (χ3v) is 14.2. The van der Waals surface area contributed by atoms with E-state index in [1.54, 1.807) is 0 Å². The van der Waals surface area contributed by atoms with Crippen molar-refractivity contribution in [1.29, 1.82) is 0 Å². The number of fused-ring (bicyclic) bond motifs is 3. The number of nitrogens with zero attached hydrogens (tertiary/aromatic N) is 4. The molecule has 2 aromatic heterocycles. The largest absolute Gasteiger partial charge is 0.311 e. The molecule has 1 aliphatic rings. The number of aromatic nitrogens is 2. The van der Waals surface area contributed by atoms with Crippen LogP contribution in [0.3, 0.4) is 0 Å². The van der Waals surface area contributed by atoms with Gasteiger partial charge in [0.15, 0.2) is 0 Å². The molecule has 1 atom stereocenters. The summed E-state index contributed by atoms with van der Waals surface area (Å²) in [5, 5.41) is 2.46. The molecule has 0 N–H and O–H groups in total. The lowest BCUT2D eigenvalue weighted by atomic mass is 9.71. The third-order valence-electron chi connectivity index (χ3n) is 14.2. The van der Waals surface area contributed by atoms with Gasteiger partial charge in [-0.2, -0.15) is 0 Å².